The van der Waals surface area contributed by atoms with Crippen molar-refractivity contribution < 1.29 is 4.79 Å². The van der Waals surface area contributed by atoms with Crippen LogP contribution in [0.3, 0.4) is 0 Å². The summed E-state index contributed by atoms with van der Waals surface area (Å²) in [6.07, 6.45) is 2.28. The molecule has 0 aliphatic carbocycles. The van der Waals surface area contributed by atoms with Gasteiger partial charge in [0.05, 0.1) is 5.69 Å². The van der Waals surface area contributed by atoms with E-state index in [2.05, 4.69) is 15.5 Å². The molecular formula is C8H9BN3OS. The summed E-state index contributed by atoms with van der Waals surface area (Å²) in [6.45, 7) is 0. The zero-order valence-electron chi connectivity index (χ0n) is 7.65. The first kappa shape index (κ1) is 10.7. The van der Waals surface area contributed by atoms with Gasteiger partial charge in [-0.15, -0.1) is 0 Å². The summed E-state index contributed by atoms with van der Waals surface area (Å²) in [6, 6.07) is 3.58. The second-order valence-corrected chi connectivity index (χ2v) is 2.87. The highest BCUT2D eigenvalue weighted by molar-refractivity contribution is 7.80. The van der Waals surface area contributed by atoms with E-state index in [1.54, 1.807) is 25.4 Å². The summed E-state index contributed by atoms with van der Waals surface area (Å²) in [5, 5.41) is 5.59. The van der Waals surface area contributed by atoms with Gasteiger partial charge in [0.1, 0.15) is 11.2 Å². The molecule has 0 fully saturated rings. The molecule has 1 radical (unpaired) electrons. The van der Waals surface area contributed by atoms with Crippen molar-refractivity contribution in [3.8, 4) is 0 Å². The number of rotatable bonds is 4. The van der Waals surface area contributed by atoms with Crippen molar-refractivity contribution in [3.05, 3.63) is 24.0 Å². The van der Waals surface area contributed by atoms with Crippen LogP contribution in [0.15, 0.2) is 18.3 Å². The molecule has 71 valence electrons. The first-order chi connectivity index (χ1) is 6.77. The van der Waals surface area contributed by atoms with E-state index in [9.17, 15) is 4.79 Å². The van der Waals surface area contributed by atoms with Crippen molar-refractivity contribution in [1.82, 2.24) is 10.3 Å². The summed E-state index contributed by atoms with van der Waals surface area (Å²) < 4.78 is 0. The molecule has 0 aromatic carbocycles. The predicted molar refractivity (Wildman–Crippen MR) is 61.1 cm³/mol. The van der Waals surface area contributed by atoms with Gasteiger partial charge in [0.25, 0.3) is 0 Å². The van der Waals surface area contributed by atoms with Gasteiger partial charge < -0.3 is 15.3 Å². The third-order valence-corrected chi connectivity index (χ3v) is 1.95. The van der Waals surface area contributed by atoms with E-state index in [-0.39, 0.29) is 0 Å². The van der Waals surface area contributed by atoms with Gasteiger partial charge >= 0.3 is 7.41 Å². The zero-order chi connectivity index (χ0) is 10.4. The maximum atomic E-state index is 10.0. The predicted octanol–water partition coefficient (Wildman–Crippen LogP) is 0.198. The molecule has 14 heavy (non-hydrogen) atoms. The fraction of sp³-hybridized carbons (Fsp3) is 0.125. The Labute approximate surface area is 88.4 Å². The lowest BCUT2D eigenvalue weighted by atomic mass is 9.99. The highest BCUT2D eigenvalue weighted by Crippen LogP contribution is 2.05. The van der Waals surface area contributed by atoms with Crippen LogP contribution in [0, 0.1) is 0 Å². The summed E-state index contributed by atoms with van der Waals surface area (Å²) in [4.78, 5) is 14.7. The number of carbonyl (C=O) groups excluding carboxylic acids is 1. The molecule has 0 atom stereocenters. The van der Waals surface area contributed by atoms with Gasteiger partial charge in [-0.05, 0) is 12.1 Å². The molecule has 0 amide bonds. The molecule has 4 nitrogen and oxygen atoms in total. The number of hydrogen-bond donors (Lipinski definition) is 2. The molecule has 0 aliphatic rings. The van der Waals surface area contributed by atoms with Gasteiger partial charge in [-0.2, -0.15) is 0 Å². The van der Waals surface area contributed by atoms with Crippen molar-refractivity contribution in [1.29, 1.82) is 0 Å². The van der Waals surface area contributed by atoms with Crippen LogP contribution >= 0.6 is 12.2 Å². The van der Waals surface area contributed by atoms with Gasteiger partial charge in [-0.3, -0.25) is 4.98 Å². The maximum absolute atomic E-state index is 10.0. The average Bonchev–Trinajstić information content (AvgIpc) is 2.26. The molecule has 0 saturated heterocycles. The van der Waals surface area contributed by atoms with Crippen molar-refractivity contribution in [3.63, 3.8) is 0 Å². The fourth-order valence-electron chi connectivity index (χ4n) is 0.872. The second kappa shape index (κ2) is 5.34. The number of pyridine rings is 1. The Bertz CT molecular complexity index is 328. The van der Waals surface area contributed by atoms with E-state index in [0.29, 0.717) is 16.9 Å². The van der Waals surface area contributed by atoms with Crippen LogP contribution in [-0.4, -0.2) is 30.6 Å². The Morgan fingerprint density at radius 1 is 1.64 bits per heavy atom. The summed E-state index contributed by atoms with van der Waals surface area (Å²) in [5.74, 6) is 0. The molecular weight excluding hydrogens is 197 g/mol. The quantitative estimate of drug-likeness (QED) is 0.418. The number of hydrogen-bond acceptors (Lipinski definition) is 4. The van der Waals surface area contributed by atoms with Crippen LogP contribution < -0.4 is 10.5 Å². The number of aromatic nitrogens is 1. The number of nitrogens with one attached hydrogen (secondary N) is 2. The fourth-order valence-corrected chi connectivity index (χ4v) is 0.993. The van der Waals surface area contributed by atoms with Gasteiger partial charge in [-0.25, -0.2) is 0 Å². The highest BCUT2D eigenvalue weighted by Gasteiger charge is 1.99. The monoisotopic (exact) mass is 206 g/mol. The second-order valence-electron chi connectivity index (χ2n) is 2.46. The van der Waals surface area contributed by atoms with E-state index < -0.39 is 0 Å². The molecule has 0 unspecified atom stereocenters. The third-order valence-electron chi connectivity index (χ3n) is 1.54. The van der Waals surface area contributed by atoms with Gasteiger partial charge in [-0.1, -0.05) is 12.2 Å². The van der Waals surface area contributed by atoms with Crippen LogP contribution in [0.4, 0.5) is 5.69 Å². The number of carbonyl (C=O) groups is 1. The van der Waals surface area contributed by atoms with Crippen LogP contribution in [0.25, 0.3) is 0 Å². The molecule has 1 rings (SSSR count). The molecule has 0 spiro atoms. The number of thiocarbonyl (C=S) groups is 1. The molecule has 6 heteroatoms. The van der Waals surface area contributed by atoms with E-state index >= 15 is 0 Å². The highest BCUT2D eigenvalue weighted by atomic mass is 32.1. The Kier molecular flexibility index (Phi) is 4.06. The van der Waals surface area contributed by atoms with Crippen molar-refractivity contribution in [2.45, 2.75) is 0 Å². The lowest BCUT2D eigenvalue weighted by Crippen LogP contribution is -2.18. The van der Waals surface area contributed by atoms with E-state index in [4.69, 9.17) is 12.2 Å². The minimum atomic E-state index is 0.593. The number of anilines is 1. The van der Waals surface area contributed by atoms with Crippen LogP contribution in [0.1, 0.15) is 5.69 Å². The minimum absolute atomic E-state index is 0.593. The van der Waals surface area contributed by atoms with Crippen LogP contribution in [-0.2, 0) is 4.79 Å². The normalized spacial score (nSPS) is 8.93. The van der Waals surface area contributed by atoms with E-state index in [1.807, 2.05) is 0 Å². The first-order valence-corrected chi connectivity index (χ1v) is 4.40. The van der Waals surface area contributed by atoms with Gasteiger partial charge in [0, 0.05) is 18.9 Å². The third kappa shape index (κ3) is 2.81. The molecule has 0 saturated carbocycles. The van der Waals surface area contributed by atoms with Crippen molar-refractivity contribution in [2.24, 2.45) is 0 Å². The Morgan fingerprint density at radius 3 is 2.93 bits per heavy atom. The summed E-state index contributed by atoms with van der Waals surface area (Å²) in [5.41, 5.74) is 1.46. The van der Waals surface area contributed by atoms with Crippen molar-refractivity contribution in [2.75, 3.05) is 12.3 Å². The SMILES string of the molecule is CNC(=S)c1ccc(N[B]C=O)cn1. The molecule has 0 bridgehead atoms. The van der Waals surface area contributed by atoms with E-state index in [0.717, 1.165) is 5.69 Å². The van der Waals surface area contributed by atoms with Crippen molar-refractivity contribution >= 4 is 36.5 Å². The lowest BCUT2D eigenvalue weighted by molar-refractivity contribution is 0.568. The lowest BCUT2D eigenvalue weighted by Gasteiger charge is -2.04. The zero-order valence-corrected chi connectivity index (χ0v) is 8.47. The Hall–Kier alpha value is -1.43. The molecule has 1 heterocycles. The number of nitrogens with zero attached hydrogens (tertiary/aromatic N) is 1. The minimum Gasteiger partial charge on any atom is -0.424 e. The molecule has 1 aromatic rings. The summed E-state index contributed by atoms with van der Waals surface area (Å²) in [7, 11) is 3.05. The Morgan fingerprint density at radius 2 is 2.43 bits per heavy atom. The van der Waals surface area contributed by atoms with Crippen LogP contribution in [0.2, 0.25) is 0 Å². The van der Waals surface area contributed by atoms with Gasteiger partial charge in [0.15, 0.2) is 0 Å². The topological polar surface area (TPSA) is 54.0 Å². The first-order valence-electron chi connectivity index (χ1n) is 3.99. The largest absolute Gasteiger partial charge is 0.424 e. The molecule has 1 aromatic heterocycles. The van der Waals surface area contributed by atoms with Gasteiger partial charge in [0.2, 0.25) is 0 Å². The molecule has 2 N–H and O–H groups in total. The smallest absolute Gasteiger partial charge is 0.326 e. The van der Waals surface area contributed by atoms with E-state index in [1.165, 1.54) is 7.41 Å². The van der Waals surface area contributed by atoms with Crippen LogP contribution in [0.5, 0.6) is 0 Å². The molecule has 0 aliphatic heterocycles. The summed E-state index contributed by atoms with van der Waals surface area (Å²) >= 11 is 4.99. The average molecular weight is 206 g/mol. The maximum Gasteiger partial charge on any atom is 0.326 e. The standard InChI is InChI=1S/C8H9BN3OS/c1-10-8(14)7-3-2-6(4-11-7)12-9-5-13/h2-5,12H,1H3,(H,10,14). The Balaban J connectivity index is 2.68.